The van der Waals surface area contributed by atoms with E-state index in [1.54, 1.807) is 4.31 Å². The van der Waals surface area contributed by atoms with E-state index >= 15 is 0 Å². The number of likely N-dealkylation sites (N-methyl/N-ethyl adjacent to an activating group) is 1. The van der Waals surface area contributed by atoms with Gasteiger partial charge in [-0.2, -0.15) is 0 Å². The molecule has 0 radical (unpaired) electrons. The quantitative estimate of drug-likeness (QED) is 0.735. The smallest absolute Gasteiger partial charge is 0.222 e. The van der Waals surface area contributed by atoms with Crippen molar-refractivity contribution in [3.05, 3.63) is 0 Å². The number of amides is 1. The molecule has 130 valence electrons. The summed E-state index contributed by atoms with van der Waals surface area (Å²) in [6.45, 7) is 2.92. The van der Waals surface area contributed by atoms with Gasteiger partial charge in [-0.15, -0.1) is 12.4 Å². The molecule has 8 heteroatoms. The number of halogens is 1. The van der Waals surface area contributed by atoms with Gasteiger partial charge in [-0.3, -0.25) is 4.79 Å². The average molecular weight is 354 g/mol. The molecular weight excluding hydrogens is 326 g/mol. The molecule has 0 spiro atoms. The summed E-state index contributed by atoms with van der Waals surface area (Å²) in [6.07, 6.45) is 4.77. The Kier molecular flexibility index (Phi) is 8.10. The Hall–Kier alpha value is -0.370. The summed E-state index contributed by atoms with van der Waals surface area (Å²) in [4.78, 5) is 14.1. The van der Waals surface area contributed by atoms with E-state index in [-0.39, 0.29) is 30.1 Å². The lowest BCUT2D eigenvalue weighted by molar-refractivity contribution is -0.131. The molecule has 2 heterocycles. The van der Waals surface area contributed by atoms with Crippen LogP contribution in [-0.2, 0) is 14.8 Å². The minimum absolute atomic E-state index is 0. The third-order valence-corrected chi connectivity index (χ3v) is 6.35. The standard InChI is InChI=1S/C14H27N3O3S.ClH/c1-15-12-13-6-4-10-17(13)14(18)7-5-11-21(19,20)16-8-2-3-9-16;/h13,15H,2-12H2,1H3;1H. The highest BCUT2D eigenvalue weighted by Gasteiger charge is 2.29. The van der Waals surface area contributed by atoms with Crippen LogP contribution in [0.25, 0.3) is 0 Å². The van der Waals surface area contributed by atoms with Crippen molar-refractivity contribution in [2.75, 3.05) is 39.0 Å². The maximum Gasteiger partial charge on any atom is 0.222 e. The molecule has 2 saturated heterocycles. The summed E-state index contributed by atoms with van der Waals surface area (Å²) in [5.41, 5.74) is 0. The van der Waals surface area contributed by atoms with Crippen LogP contribution >= 0.6 is 12.4 Å². The molecule has 1 atom stereocenters. The van der Waals surface area contributed by atoms with Crippen LogP contribution in [0.4, 0.5) is 0 Å². The number of hydrogen-bond acceptors (Lipinski definition) is 4. The first kappa shape index (κ1) is 19.7. The highest BCUT2D eigenvalue weighted by Crippen LogP contribution is 2.19. The lowest BCUT2D eigenvalue weighted by Crippen LogP contribution is -2.41. The van der Waals surface area contributed by atoms with Crippen LogP contribution in [0.2, 0.25) is 0 Å². The Morgan fingerprint density at radius 3 is 2.50 bits per heavy atom. The zero-order valence-corrected chi connectivity index (χ0v) is 14.9. The predicted octanol–water partition coefficient (Wildman–Crippen LogP) is 0.824. The first-order valence-corrected chi connectivity index (χ1v) is 9.57. The normalized spacial score (nSPS) is 22.8. The van der Waals surface area contributed by atoms with E-state index in [1.165, 1.54) is 0 Å². The largest absolute Gasteiger partial charge is 0.338 e. The molecule has 0 aromatic carbocycles. The molecule has 1 unspecified atom stereocenters. The summed E-state index contributed by atoms with van der Waals surface area (Å²) in [6, 6.07) is 0.276. The van der Waals surface area contributed by atoms with E-state index in [0.29, 0.717) is 25.9 Å². The van der Waals surface area contributed by atoms with Crippen molar-refractivity contribution < 1.29 is 13.2 Å². The maximum atomic E-state index is 12.2. The van der Waals surface area contributed by atoms with Gasteiger partial charge < -0.3 is 10.2 Å². The first-order chi connectivity index (χ1) is 10.0. The zero-order chi connectivity index (χ0) is 15.3. The first-order valence-electron chi connectivity index (χ1n) is 7.96. The highest BCUT2D eigenvalue weighted by atomic mass is 35.5. The van der Waals surface area contributed by atoms with Crippen molar-refractivity contribution in [2.45, 2.75) is 44.6 Å². The summed E-state index contributed by atoms with van der Waals surface area (Å²) < 4.78 is 25.8. The summed E-state index contributed by atoms with van der Waals surface area (Å²) in [5.74, 6) is 0.202. The minimum Gasteiger partial charge on any atom is -0.338 e. The minimum atomic E-state index is -3.15. The van der Waals surface area contributed by atoms with Crippen molar-refractivity contribution in [1.82, 2.24) is 14.5 Å². The molecular formula is C14H28ClN3O3S. The number of carbonyl (C=O) groups is 1. The molecule has 0 saturated carbocycles. The molecule has 0 bridgehead atoms. The molecule has 2 rings (SSSR count). The number of nitrogens with one attached hydrogen (secondary N) is 1. The SMILES string of the molecule is CNCC1CCCN1C(=O)CCCS(=O)(=O)N1CCCC1.Cl. The van der Waals surface area contributed by atoms with Gasteiger partial charge in [0.15, 0.2) is 0 Å². The van der Waals surface area contributed by atoms with E-state index in [4.69, 9.17) is 0 Å². The van der Waals surface area contributed by atoms with Crippen LogP contribution in [-0.4, -0.2) is 68.6 Å². The fraction of sp³-hybridized carbons (Fsp3) is 0.929. The third-order valence-electron chi connectivity index (χ3n) is 4.39. The fourth-order valence-corrected chi connectivity index (χ4v) is 4.84. The molecule has 0 aliphatic carbocycles. The maximum absolute atomic E-state index is 12.2. The summed E-state index contributed by atoms with van der Waals surface area (Å²) >= 11 is 0. The highest BCUT2D eigenvalue weighted by molar-refractivity contribution is 7.89. The van der Waals surface area contributed by atoms with E-state index in [0.717, 1.165) is 38.8 Å². The molecule has 0 aromatic rings. The second kappa shape index (κ2) is 9.05. The van der Waals surface area contributed by atoms with Crippen molar-refractivity contribution in [3.8, 4) is 0 Å². The molecule has 2 fully saturated rings. The number of rotatable bonds is 7. The van der Waals surface area contributed by atoms with Gasteiger partial charge in [0.05, 0.1) is 5.75 Å². The van der Waals surface area contributed by atoms with E-state index < -0.39 is 10.0 Å². The van der Waals surface area contributed by atoms with E-state index in [1.807, 2.05) is 11.9 Å². The number of sulfonamides is 1. The molecule has 1 amide bonds. The van der Waals surface area contributed by atoms with Crippen LogP contribution in [0.15, 0.2) is 0 Å². The van der Waals surface area contributed by atoms with Gasteiger partial charge in [0.25, 0.3) is 0 Å². The van der Waals surface area contributed by atoms with Crippen molar-refractivity contribution in [2.24, 2.45) is 0 Å². The Morgan fingerprint density at radius 1 is 1.18 bits per heavy atom. The number of carbonyl (C=O) groups excluding carboxylic acids is 1. The number of likely N-dealkylation sites (tertiary alicyclic amines) is 1. The van der Waals surface area contributed by atoms with Gasteiger partial charge in [0.1, 0.15) is 0 Å². The average Bonchev–Trinajstić information content (AvgIpc) is 3.10. The predicted molar refractivity (Wildman–Crippen MR) is 89.7 cm³/mol. The van der Waals surface area contributed by atoms with E-state index in [9.17, 15) is 13.2 Å². The molecule has 2 aliphatic heterocycles. The second-order valence-electron chi connectivity index (χ2n) is 5.97. The topological polar surface area (TPSA) is 69.7 Å². The van der Waals surface area contributed by atoms with Crippen LogP contribution in [0.3, 0.4) is 0 Å². The fourth-order valence-electron chi connectivity index (χ4n) is 3.26. The van der Waals surface area contributed by atoms with Crippen molar-refractivity contribution >= 4 is 28.3 Å². The number of hydrogen-bond donors (Lipinski definition) is 1. The van der Waals surface area contributed by atoms with Gasteiger partial charge >= 0.3 is 0 Å². The Bertz CT molecular complexity index is 452. The van der Waals surface area contributed by atoms with Gasteiger partial charge in [-0.25, -0.2) is 12.7 Å². The van der Waals surface area contributed by atoms with Crippen LogP contribution in [0, 0.1) is 0 Å². The van der Waals surface area contributed by atoms with E-state index in [2.05, 4.69) is 5.32 Å². The Morgan fingerprint density at radius 2 is 1.86 bits per heavy atom. The lowest BCUT2D eigenvalue weighted by Gasteiger charge is -2.24. The molecule has 0 aromatic heterocycles. The van der Waals surface area contributed by atoms with Crippen molar-refractivity contribution in [3.63, 3.8) is 0 Å². The summed E-state index contributed by atoms with van der Waals surface area (Å²) in [5, 5.41) is 3.12. The Balaban J connectivity index is 0.00000242. The zero-order valence-electron chi connectivity index (χ0n) is 13.3. The van der Waals surface area contributed by atoms with Crippen LogP contribution in [0.5, 0.6) is 0 Å². The molecule has 6 nitrogen and oxygen atoms in total. The second-order valence-corrected chi connectivity index (χ2v) is 8.06. The summed E-state index contributed by atoms with van der Waals surface area (Å²) in [7, 11) is -1.26. The van der Waals surface area contributed by atoms with Crippen molar-refractivity contribution in [1.29, 1.82) is 0 Å². The van der Waals surface area contributed by atoms with Gasteiger partial charge in [0, 0.05) is 38.6 Å². The van der Waals surface area contributed by atoms with Crippen LogP contribution < -0.4 is 5.32 Å². The molecule has 1 N–H and O–H groups in total. The molecule has 22 heavy (non-hydrogen) atoms. The van der Waals surface area contributed by atoms with Crippen LogP contribution in [0.1, 0.15) is 38.5 Å². The number of nitrogens with zero attached hydrogens (tertiary/aromatic N) is 2. The Labute approximate surface area is 140 Å². The van der Waals surface area contributed by atoms with Gasteiger partial charge in [-0.1, -0.05) is 0 Å². The van der Waals surface area contributed by atoms with Gasteiger partial charge in [0.2, 0.25) is 15.9 Å². The lowest BCUT2D eigenvalue weighted by atomic mass is 10.2. The van der Waals surface area contributed by atoms with Gasteiger partial charge in [-0.05, 0) is 39.2 Å². The monoisotopic (exact) mass is 353 g/mol. The molecule has 2 aliphatic rings. The third kappa shape index (κ3) is 5.08.